The summed E-state index contributed by atoms with van der Waals surface area (Å²) in [7, 11) is 3.98. The minimum absolute atomic E-state index is 0.0666. The van der Waals surface area contributed by atoms with E-state index >= 15 is 0 Å². The van der Waals surface area contributed by atoms with Crippen molar-refractivity contribution < 1.29 is 4.79 Å². The van der Waals surface area contributed by atoms with Gasteiger partial charge in [0.1, 0.15) is 0 Å². The minimum atomic E-state index is -0.0666. The fourth-order valence-corrected chi connectivity index (χ4v) is 4.56. The normalized spacial score (nSPS) is 11.7. The topological polar surface area (TPSA) is 36.4 Å². The molecule has 7 heteroatoms. The summed E-state index contributed by atoms with van der Waals surface area (Å²) in [6, 6.07) is 7.76. The van der Waals surface area contributed by atoms with Crippen LogP contribution in [0.5, 0.6) is 0 Å². The standard InChI is InChI=1S/C19H20ClN3OS2/c1-13-11-14(20)12-16-18(13)21-19(26-16)23(9-8-22(2)3)17(24)7-6-15-5-4-10-25-15/h4-7,10-12H,8-9H2,1-3H3. The number of aryl methyl sites for hydroxylation is 1. The average molecular weight is 406 g/mol. The number of hydrogen-bond acceptors (Lipinski definition) is 5. The van der Waals surface area contributed by atoms with Gasteiger partial charge in [0.05, 0.1) is 10.2 Å². The average Bonchev–Trinajstić information content (AvgIpc) is 3.22. The van der Waals surface area contributed by atoms with Crippen LogP contribution in [0.4, 0.5) is 5.13 Å². The number of anilines is 1. The summed E-state index contributed by atoms with van der Waals surface area (Å²) in [6.45, 7) is 3.32. The lowest BCUT2D eigenvalue weighted by Crippen LogP contribution is -2.35. The fourth-order valence-electron chi connectivity index (χ4n) is 2.49. The van der Waals surface area contributed by atoms with E-state index in [1.54, 1.807) is 22.3 Å². The van der Waals surface area contributed by atoms with Crippen LogP contribution in [0, 0.1) is 6.92 Å². The molecule has 2 aromatic heterocycles. The molecular formula is C19H20ClN3OS2. The highest BCUT2D eigenvalue weighted by Gasteiger charge is 2.19. The van der Waals surface area contributed by atoms with Crippen LogP contribution in [0.25, 0.3) is 16.3 Å². The third kappa shape index (κ3) is 4.51. The molecular weight excluding hydrogens is 386 g/mol. The van der Waals surface area contributed by atoms with Crippen molar-refractivity contribution in [1.82, 2.24) is 9.88 Å². The molecule has 0 N–H and O–H groups in total. The van der Waals surface area contributed by atoms with E-state index in [0.717, 1.165) is 27.2 Å². The largest absolute Gasteiger partial charge is 0.308 e. The molecule has 26 heavy (non-hydrogen) atoms. The molecule has 136 valence electrons. The maximum Gasteiger partial charge on any atom is 0.252 e. The molecule has 2 heterocycles. The van der Waals surface area contributed by atoms with Gasteiger partial charge in [-0.05, 0) is 56.2 Å². The number of amides is 1. The highest BCUT2D eigenvalue weighted by atomic mass is 35.5. The lowest BCUT2D eigenvalue weighted by molar-refractivity contribution is -0.114. The third-order valence-electron chi connectivity index (χ3n) is 3.84. The SMILES string of the molecule is Cc1cc(Cl)cc2sc(N(CCN(C)C)C(=O)C=Cc3cccs3)nc12. The van der Waals surface area contributed by atoms with Gasteiger partial charge in [-0.15, -0.1) is 11.3 Å². The molecule has 0 aliphatic rings. The lowest BCUT2D eigenvalue weighted by Gasteiger charge is -2.20. The van der Waals surface area contributed by atoms with Crippen LogP contribution < -0.4 is 4.90 Å². The number of thiazole rings is 1. The Kier molecular flexibility index (Phi) is 6.09. The van der Waals surface area contributed by atoms with E-state index < -0.39 is 0 Å². The van der Waals surface area contributed by atoms with E-state index in [-0.39, 0.29) is 5.91 Å². The van der Waals surface area contributed by atoms with Crippen molar-refractivity contribution >= 4 is 61.6 Å². The Labute approximate surface area is 166 Å². The van der Waals surface area contributed by atoms with E-state index in [9.17, 15) is 4.79 Å². The molecule has 0 saturated heterocycles. The highest BCUT2D eigenvalue weighted by molar-refractivity contribution is 7.22. The number of halogens is 1. The number of aromatic nitrogens is 1. The quantitative estimate of drug-likeness (QED) is 0.545. The predicted octanol–water partition coefficient (Wildman–Crippen LogP) is 4.93. The molecule has 0 atom stereocenters. The molecule has 0 spiro atoms. The summed E-state index contributed by atoms with van der Waals surface area (Å²) in [4.78, 5) is 22.4. The van der Waals surface area contributed by atoms with Crippen molar-refractivity contribution in [3.8, 4) is 0 Å². The summed E-state index contributed by atoms with van der Waals surface area (Å²) in [5, 5.41) is 3.38. The first kappa shape index (κ1) is 19.0. The molecule has 3 aromatic rings. The zero-order valence-corrected chi connectivity index (χ0v) is 17.3. The van der Waals surface area contributed by atoms with E-state index in [0.29, 0.717) is 16.7 Å². The molecule has 0 aliphatic heterocycles. The van der Waals surface area contributed by atoms with Gasteiger partial charge >= 0.3 is 0 Å². The molecule has 0 bridgehead atoms. The smallest absolute Gasteiger partial charge is 0.252 e. The van der Waals surface area contributed by atoms with Crippen LogP contribution in [-0.4, -0.2) is 43.0 Å². The van der Waals surface area contributed by atoms with Crippen LogP contribution in [0.15, 0.2) is 35.7 Å². The van der Waals surface area contributed by atoms with Crippen LogP contribution in [-0.2, 0) is 4.79 Å². The fraction of sp³-hybridized carbons (Fsp3) is 0.263. The highest BCUT2D eigenvalue weighted by Crippen LogP contribution is 2.33. The van der Waals surface area contributed by atoms with Gasteiger partial charge in [-0.3, -0.25) is 9.69 Å². The lowest BCUT2D eigenvalue weighted by atomic mass is 10.2. The summed E-state index contributed by atoms with van der Waals surface area (Å²) >= 11 is 9.27. The second-order valence-electron chi connectivity index (χ2n) is 6.21. The van der Waals surface area contributed by atoms with Crippen molar-refractivity contribution in [1.29, 1.82) is 0 Å². The van der Waals surface area contributed by atoms with E-state index in [1.807, 2.05) is 56.7 Å². The maximum absolute atomic E-state index is 12.8. The Morgan fingerprint density at radius 1 is 1.31 bits per heavy atom. The number of likely N-dealkylation sites (N-methyl/N-ethyl adjacent to an activating group) is 1. The van der Waals surface area contributed by atoms with Crippen LogP contribution in [0.3, 0.4) is 0 Å². The first-order valence-corrected chi connectivity index (χ1v) is 10.3. The zero-order valence-electron chi connectivity index (χ0n) is 14.9. The molecule has 4 nitrogen and oxygen atoms in total. The second-order valence-corrected chi connectivity index (χ2v) is 8.63. The first-order chi connectivity index (χ1) is 12.4. The molecule has 0 radical (unpaired) electrons. The first-order valence-electron chi connectivity index (χ1n) is 8.18. The van der Waals surface area contributed by atoms with Crippen molar-refractivity contribution in [2.45, 2.75) is 6.92 Å². The number of thiophene rings is 1. The summed E-state index contributed by atoms with van der Waals surface area (Å²) in [5.41, 5.74) is 1.92. The molecule has 0 saturated carbocycles. The predicted molar refractivity (Wildman–Crippen MR) is 114 cm³/mol. The monoisotopic (exact) mass is 405 g/mol. The zero-order chi connectivity index (χ0) is 18.7. The third-order valence-corrected chi connectivity index (χ3v) is 5.92. The van der Waals surface area contributed by atoms with Gasteiger partial charge in [-0.25, -0.2) is 4.98 Å². The summed E-state index contributed by atoms with van der Waals surface area (Å²) < 4.78 is 0.995. The minimum Gasteiger partial charge on any atom is -0.308 e. The Bertz CT molecular complexity index is 932. The molecule has 0 fully saturated rings. The van der Waals surface area contributed by atoms with Gasteiger partial charge < -0.3 is 4.90 Å². The molecule has 1 amide bonds. The van der Waals surface area contributed by atoms with E-state index in [4.69, 9.17) is 16.6 Å². The number of rotatable bonds is 6. The summed E-state index contributed by atoms with van der Waals surface area (Å²) in [5.74, 6) is -0.0666. The molecule has 3 rings (SSSR count). The van der Waals surface area contributed by atoms with Gasteiger partial charge in [-0.2, -0.15) is 0 Å². The van der Waals surface area contributed by atoms with Gasteiger partial charge in [-0.1, -0.05) is 29.0 Å². The number of nitrogens with zero attached hydrogens (tertiary/aromatic N) is 3. The van der Waals surface area contributed by atoms with E-state index in [2.05, 4.69) is 4.90 Å². The Balaban J connectivity index is 1.92. The van der Waals surface area contributed by atoms with Crippen LogP contribution >= 0.6 is 34.3 Å². The van der Waals surface area contributed by atoms with Crippen molar-refractivity contribution in [2.75, 3.05) is 32.1 Å². The summed E-state index contributed by atoms with van der Waals surface area (Å²) in [6.07, 6.45) is 3.47. The Morgan fingerprint density at radius 2 is 2.12 bits per heavy atom. The molecule has 0 unspecified atom stereocenters. The van der Waals surface area contributed by atoms with Gasteiger partial charge in [0.2, 0.25) is 0 Å². The van der Waals surface area contributed by atoms with Crippen molar-refractivity contribution in [3.05, 3.63) is 51.2 Å². The van der Waals surface area contributed by atoms with Crippen LogP contribution in [0.2, 0.25) is 5.02 Å². The van der Waals surface area contributed by atoms with Crippen LogP contribution in [0.1, 0.15) is 10.4 Å². The van der Waals surface area contributed by atoms with Crippen molar-refractivity contribution in [2.24, 2.45) is 0 Å². The second kappa shape index (κ2) is 8.31. The van der Waals surface area contributed by atoms with Gasteiger partial charge in [0.15, 0.2) is 5.13 Å². The van der Waals surface area contributed by atoms with Crippen molar-refractivity contribution in [3.63, 3.8) is 0 Å². The molecule has 0 aliphatic carbocycles. The molecule has 1 aromatic carbocycles. The Morgan fingerprint density at radius 3 is 2.81 bits per heavy atom. The maximum atomic E-state index is 12.8. The number of benzene rings is 1. The van der Waals surface area contributed by atoms with Gasteiger partial charge in [0.25, 0.3) is 5.91 Å². The number of carbonyl (C=O) groups is 1. The number of carbonyl (C=O) groups excluding carboxylic acids is 1. The van der Waals surface area contributed by atoms with Gasteiger partial charge in [0, 0.05) is 29.1 Å². The Hall–Kier alpha value is -1.73. The van der Waals surface area contributed by atoms with E-state index in [1.165, 1.54) is 11.3 Å². The number of fused-ring (bicyclic) bond motifs is 1. The number of hydrogen-bond donors (Lipinski definition) is 0.